The summed E-state index contributed by atoms with van der Waals surface area (Å²) in [5, 5.41) is 14.2. The summed E-state index contributed by atoms with van der Waals surface area (Å²) in [5.74, 6) is 0.0752. The van der Waals surface area contributed by atoms with Crippen molar-refractivity contribution in [3.8, 4) is 0 Å². The van der Waals surface area contributed by atoms with E-state index in [2.05, 4.69) is 10.5 Å². The van der Waals surface area contributed by atoms with Gasteiger partial charge in [0, 0.05) is 19.1 Å². The van der Waals surface area contributed by atoms with Gasteiger partial charge in [-0.3, -0.25) is 4.79 Å². The predicted octanol–water partition coefficient (Wildman–Crippen LogP) is 0.0542. The van der Waals surface area contributed by atoms with Crippen LogP contribution in [0.4, 0.5) is 0 Å². The van der Waals surface area contributed by atoms with E-state index in [9.17, 15) is 4.79 Å². The van der Waals surface area contributed by atoms with Gasteiger partial charge in [-0.25, -0.2) is 0 Å². The van der Waals surface area contributed by atoms with Crippen LogP contribution in [0.1, 0.15) is 26.2 Å². The second kappa shape index (κ2) is 6.32. The number of hydrogen-bond donors (Lipinski definition) is 3. The van der Waals surface area contributed by atoms with Gasteiger partial charge in [0.15, 0.2) is 0 Å². The molecule has 1 aliphatic rings. The normalized spacial score (nSPS) is 23.1. The molecule has 0 radical (unpaired) electrons. The molecule has 16 heavy (non-hydrogen) atoms. The maximum Gasteiger partial charge on any atom is 0.225 e. The average molecular weight is 229 g/mol. The minimum Gasteiger partial charge on any atom is -0.409 e. The molecule has 0 bridgehead atoms. The molecule has 0 saturated carbocycles. The molecule has 2 atom stereocenters. The van der Waals surface area contributed by atoms with E-state index in [4.69, 9.17) is 15.7 Å². The monoisotopic (exact) mass is 229 g/mol. The quantitative estimate of drug-likeness (QED) is 0.269. The van der Waals surface area contributed by atoms with E-state index in [1.54, 1.807) is 0 Å². The van der Waals surface area contributed by atoms with Crippen molar-refractivity contribution < 1.29 is 14.7 Å². The minimum absolute atomic E-state index is 0.00455. The number of carbonyl (C=O) groups excluding carboxylic acids is 1. The van der Waals surface area contributed by atoms with Crippen LogP contribution in [0.15, 0.2) is 5.16 Å². The maximum atomic E-state index is 11.8. The van der Waals surface area contributed by atoms with Gasteiger partial charge in [-0.1, -0.05) is 12.1 Å². The molecule has 2 unspecified atom stereocenters. The fourth-order valence-corrected chi connectivity index (χ4v) is 1.65. The number of amidine groups is 1. The molecular formula is C10H19N3O3. The molecule has 0 spiro atoms. The van der Waals surface area contributed by atoms with Crippen molar-refractivity contribution in [3.05, 3.63) is 0 Å². The van der Waals surface area contributed by atoms with Crippen molar-refractivity contribution in [1.29, 1.82) is 0 Å². The molecule has 0 aromatic carbocycles. The Hall–Kier alpha value is -1.30. The van der Waals surface area contributed by atoms with Crippen LogP contribution in [0, 0.1) is 5.92 Å². The van der Waals surface area contributed by atoms with Crippen LogP contribution >= 0.6 is 0 Å². The van der Waals surface area contributed by atoms with Crippen LogP contribution in [0.3, 0.4) is 0 Å². The van der Waals surface area contributed by atoms with Gasteiger partial charge in [0.05, 0.1) is 12.5 Å². The van der Waals surface area contributed by atoms with Gasteiger partial charge in [0.2, 0.25) is 5.91 Å². The lowest BCUT2D eigenvalue weighted by Crippen LogP contribution is -2.41. The summed E-state index contributed by atoms with van der Waals surface area (Å²) >= 11 is 0. The Bertz CT molecular complexity index is 262. The topological polar surface area (TPSA) is 96.9 Å². The first-order valence-corrected chi connectivity index (χ1v) is 5.51. The summed E-state index contributed by atoms with van der Waals surface area (Å²) in [4.78, 5) is 11.8. The van der Waals surface area contributed by atoms with E-state index >= 15 is 0 Å². The molecule has 6 heteroatoms. The summed E-state index contributed by atoms with van der Waals surface area (Å²) in [5.41, 5.74) is 5.40. The Morgan fingerprint density at radius 2 is 2.50 bits per heavy atom. The number of nitrogens with two attached hydrogens (primary N) is 1. The predicted molar refractivity (Wildman–Crippen MR) is 59.2 cm³/mol. The third-order valence-electron chi connectivity index (χ3n) is 2.72. The van der Waals surface area contributed by atoms with Crippen molar-refractivity contribution in [3.63, 3.8) is 0 Å². The molecule has 1 fully saturated rings. The fraction of sp³-hybridized carbons (Fsp3) is 0.800. The second-order valence-corrected chi connectivity index (χ2v) is 3.97. The smallest absolute Gasteiger partial charge is 0.225 e. The molecule has 6 nitrogen and oxygen atoms in total. The molecule has 1 heterocycles. The lowest BCUT2D eigenvalue weighted by Gasteiger charge is -2.18. The standard InChI is InChI=1S/C10H19N3O3/c1-2-8(5-9(11)13-15)12-10(14)7-3-4-16-6-7/h7-8,15H,2-6H2,1H3,(H2,11,13)(H,12,14). The molecule has 0 aromatic heterocycles. The highest BCUT2D eigenvalue weighted by Crippen LogP contribution is 2.13. The number of oxime groups is 1. The van der Waals surface area contributed by atoms with Gasteiger partial charge in [-0.05, 0) is 12.8 Å². The summed E-state index contributed by atoms with van der Waals surface area (Å²) < 4.78 is 5.15. The van der Waals surface area contributed by atoms with Gasteiger partial charge in [-0.15, -0.1) is 0 Å². The summed E-state index contributed by atoms with van der Waals surface area (Å²) in [6.45, 7) is 3.09. The minimum atomic E-state index is -0.0796. The Morgan fingerprint density at radius 1 is 1.75 bits per heavy atom. The van der Waals surface area contributed by atoms with Crippen LogP contribution in [0.25, 0.3) is 0 Å². The maximum absolute atomic E-state index is 11.8. The third kappa shape index (κ3) is 3.69. The third-order valence-corrected chi connectivity index (χ3v) is 2.72. The number of nitrogens with one attached hydrogen (secondary N) is 1. The molecule has 0 aliphatic carbocycles. The Labute approximate surface area is 94.8 Å². The largest absolute Gasteiger partial charge is 0.409 e. The first kappa shape index (κ1) is 12.8. The number of ether oxygens (including phenoxy) is 1. The van der Waals surface area contributed by atoms with Crippen LogP contribution in [-0.4, -0.2) is 36.2 Å². The summed E-state index contributed by atoms with van der Waals surface area (Å²) in [6.07, 6.45) is 1.88. The fourth-order valence-electron chi connectivity index (χ4n) is 1.65. The Balaban J connectivity index is 2.39. The lowest BCUT2D eigenvalue weighted by molar-refractivity contribution is -0.125. The van der Waals surface area contributed by atoms with Crippen LogP contribution in [0.2, 0.25) is 0 Å². The van der Waals surface area contributed by atoms with Crippen molar-refractivity contribution in [2.45, 2.75) is 32.2 Å². The molecule has 0 aromatic rings. The van der Waals surface area contributed by atoms with Gasteiger partial charge in [-0.2, -0.15) is 0 Å². The molecule has 1 rings (SSSR count). The van der Waals surface area contributed by atoms with Gasteiger partial charge >= 0.3 is 0 Å². The second-order valence-electron chi connectivity index (χ2n) is 3.97. The molecular weight excluding hydrogens is 210 g/mol. The van der Waals surface area contributed by atoms with Crippen LogP contribution < -0.4 is 11.1 Å². The number of rotatable bonds is 5. The van der Waals surface area contributed by atoms with Gasteiger partial charge in [0.1, 0.15) is 5.84 Å². The molecule has 1 aliphatic heterocycles. The number of hydrogen-bond acceptors (Lipinski definition) is 4. The van der Waals surface area contributed by atoms with E-state index in [-0.39, 0.29) is 23.7 Å². The van der Waals surface area contributed by atoms with Gasteiger partial charge < -0.3 is 21.0 Å². The lowest BCUT2D eigenvalue weighted by atomic mass is 10.1. The number of carbonyl (C=O) groups is 1. The number of nitrogens with zero attached hydrogens (tertiary/aromatic N) is 1. The van der Waals surface area contributed by atoms with E-state index in [1.165, 1.54) is 0 Å². The highest BCUT2D eigenvalue weighted by molar-refractivity contribution is 5.82. The first-order chi connectivity index (χ1) is 7.67. The molecule has 1 amide bonds. The Morgan fingerprint density at radius 3 is 3.00 bits per heavy atom. The molecule has 1 saturated heterocycles. The summed E-state index contributed by atoms with van der Waals surface area (Å²) in [7, 11) is 0. The highest BCUT2D eigenvalue weighted by atomic mass is 16.5. The van der Waals surface area contributed by atoms with Crippen molar-refractivity contribution in [2.24, 2.45) is 16.8 Å². The van der Waals surface area contributed by atoms with Crippen molar-refractivity contribution >= 4 is 11.7 Å². The van der Waals surface area contributed by atoms with E-state index in [0.29, 0.717) is 19.6 Å². The Kier molecular flexibility index (Phi) is 5.04. The van der Waals surface area contributed by atoms with Crippen LogP contribution in [-0.2, 0) is 9.53 Å². The zero-order valence-corrected chi connectivity index (χ0v) is 9.48. The average Bonchev–Trinajstić information content (AvgIpc) is 2.81. The number of amides is 1. The van der Waals surface area contributed by atoms with Crippen molar-refractivity contribution in [1.82, 2.24) is 5.32 Å². The molecule has 92 valence electrons. The van der Waals surface area contributed by atoms with E-state index < -0.39 is 0 Å². The van der Waals surface area contributed by atoms with Crippen molar-refractivity contribution in [2.75, 3.05) is 13.2 Å². The van der Waals surface area contributed by atoms with E-state index in [0.717, 1.165) is 12.8 Å². The zero-order valence-electron chi connectivity index (χ0n) is 9.48. The SMILES string of the molecule is CCC(CC(N)=NO)NC(=O)C1CCOC1. The van der Waals surface area contributed by atoms with Gasteiger partial charge in [0.25, 0.3) is 0 Å². The summed E-state index contributed by atoms with van der Waals surface area (Å²) in [6, 6.07) is -0.0796. The highest BCUT2D eigenvalue weighted by Gasteiger charge is 2.25. The molecule has 4 N–H and O–H groups in total. The van der Waals surface area contributed by atoms with E-state index in [1.807, 2.05) is 6.92 Å². The van der Waals surface area contributed by atoms with Crippen LogP contribution in [0.5, 0.6) is 0 Å². The zero-order chi connectivity index (χ0) is 12.0. The first-order valence-electron chi connectivity index (χ1n) is 5.51.